The van der Waals surface area contributed by atoms with Gasteiger partial charge in [0.25, 0.3) is 5.91 Å². The van der Waals surface area contributed by atoms with Crippen molar-refractivity contribution in [2.24, 2.45) is 11.5 Å². The summed E-state index contributed by atoms with van der Waals surface area (Å²) in [5.74, 6) is -0.971. The zero-order valence-corrected chi connectivity index (χ0v) is 9.40. The van der Waals surface area contributed by atoms with Gasteiger partial charge in [0.1, 0.15) is 6.61 Å². The highest BCUT2D eigenvalue weighted by Crippen LogP contribution is 1.92. The van der Waals surface area contributed by atoms with E-state index in [1.54, 1.807) is 0 Å². The molecule has 16 heavy (non-hydrogen) atoms. The van der Waals surface area contributed by atoms with E-state index in [9.17, 15) is 9.59 Å². The fourth-order valence-corrected chi connectivity index (χ4v) is 0.863. The van der Waals surface area contributed by atoms with Crippen LogP contribution in [0.4, 0.5) is 0 Å². The van der Waals surface area contributed by atoms with Gasteiger partial charge in [0.05, 0.1) is 6.61 Å². The normalized spacial score (nSPS) is 11.9. The SMILES string of the molecule is CC(OC(=O)COCCN)C(=O)NCCN. The molecule has 0 aliphatic heterocycles. The molecule has 1 atom stereocenters. The van der Waals surface area contributed by atoms with Crippen molar-refractivity contribution < 1.29 is 19.1 Å². The van der Waals surface area contributed by atoms with Gasteiger partial charge in [-0.25, -0.2) is 4.79 Å². The molecule has 0 aliphatic carbocycles. The fraction of sp³-hybridized carbons (Fsp3) is 0.778. The van der Waals surface area contributed by atoms with Gasteiger partial charge in [-0.1, -0.05) is 0 Å². The summed E-state index contributed by atoms with van der Waals surface area (Å²) in [6, 6.07) is 0. The van der Waals surface area contributed by atoms with E-state index >= 15 is 0 Å². The lowest BCUT2D eigenvalue weighted by Gasteiger charge is -2.12. The molecule has 0 spiro atoms. The maximum atomic E-state index is 11.3. The Morgan fingerprint density at radius 3 is 2.56 bits per heavy atom. The summed E-state index contributed by atoms with van der Waals surface area (Å²) in [6.07, 6.45) is -0.847. The van der Waals surface area contributed by atoms with Crippen molar-refractivity contribution in [1.29, 1.82) is 0 Å². The summed E-state index contributed by atoms with van der Waals surface area (Å²) in [6.45, 7) is 2.58. The molecule has 0 rings (SSSR count). The van der Waals surface area contributed by atoms with Gasteiger partial charge < -0.3 is 26.3 Å². The molecular formula is C9H19N3O4. The quantitative estimate of drug-likeness (QED) is 0.329. The minimum Gasteiger partial charge on any atom is -0.451 e. The lowest BCUT2D eigenvalue weighted by atomic mass is 10.3. The maximum Gasteiger partial charge on any atom is 0.332 e. The zero-order chi connectivity index (χ0) is 12.4. The van der Waals surface area contributed by atoms with Crippen LogP contribution >= 0.6 is 0 Å². The lowest BCUT2D eigenvalue weighted by molar-refractivity contribution is -0.158. The first-order valence-electron chi connectivity index (χ1n) is 5.07. The van der Waals surface area contributed by atoms with Crippen molar-refractivity contribution in [3.8, 4) is 0 Å². The van der Waals surface area contributed by atoms with Crippen molar-refractivity contribution in [2.45, 2.75) is 13.0 Å². The van der Waals surface area contributed by atoms with Gasteiger partial charge >= 0.3 is 5.97 Å². The molecule has 0 fully saturated rings. The number of hydrogen-bond donors (Lipinski definition) is 3. The molecule has 7 nitrogen and oxygen atoms in total. The Kier molecular flexibility index (Phi) is 8.41. The van der Waals surface area contributed by atoms with E-state index in [0.29, 0.717) is 19.6 Å². The first-order valence-corrected chi connectivity index (χ1v) is 5.07. The van der Waals surface area contributed by atoms with E-state index in [-0.39, 0.29) is 19.1 Å². The summed E-state index contributed by atoms with van der Waals surface area (Å²) >= 11 is 0. The molecule has 0 heterocycles. The lowest BCUT2D eigenvalue weighted by Crippen LogP contribution is -2.38. The smallest absolute Gasteiger partial charge is 0.332 e. The van der Waals surface area contributed by atoms with Crippen LogP contribution in [0.1, 0.15) is 6.92 Å². The third-order valence-corrected chi connectivity index (χ3v) is 1.60. The number of nitrogens with one attached hydrogen (secondary N) is 1. The Labute approximate surface area is 94.4 Å². The van der Waals surface area contributed by atoms with E-state index < -0.39 is 12.1 Å². The van der Waals surface area contributed by atoms with E-state index in [2.05, 4.69) is 5.32 Å². The van der Waals surface area contributed by atoms with Crippen LogP contribution in [0.3, 0.4) is 0 Å². The Bertz CT molecular complexity index is 223. The summed E-state index contributed by atoms with van der Waals surface area (Å²) < 4.78 is 9.65. The minimum absolute atomic E-state index is 0.203. The molecule has 0 saturated heterocycles. The molecule has 0 aromatic rings. The van der Waals surface area contributed by atoms with Crippen LogP contribution in [0.25, 0.3) is 0 Å². The van der Waals surface area contributed by atoms with Gasteiger partial charge in [0.15, 0.2) is 6.10 Å². The predicted octanol–water partition coefficient (Wildman–Crippen LogP) is -2.03. The van der Waals surface area contributed by atoms with Gasteiger partial charge in [0, 0.05) is 19.6 Å². The van der Waals surface area contributed by atoms with Gasteiger partial charge in [-0.3, -0.25) is 4.79 Å². The second kappa shape index (κ2) is 9.08. The van der Waals surface area contributed by atoms with Crippen molar-refractivity contribution >= 4 is 11.9 Å². The molecule has 5 N–H and O–H groups in total. The summed E-state index contributed by atoms with van der Waals surface area (Å²) in [7, 11) is 0. The fourth-order valence-electron chi connectivity index (χ4n) is 0.863. The third kappa shape index (κ3) is 7.16. The van der Waals surface area contributed by atoms with Crippen molar-refractivity contribution in [2.75, 3.05) is 32.8 Å². The second-order valence-corrected chi connectivity index (χ2v) is 3.05. The van der Waals surface area contributed by atoms with Crippen molar-refractivity contribution in [3.63, 3.8) is 0 Å². The molecule has 1 unspecified atom stereocenters. The molecule has 0 bridgehead atoms. The van der Waals surface area contributed by atoms with Crippen LogP contribution in [0.15, 0.2) is 0 Å². The molecule has 0 aromatic carbocycles. The summed E-state index contributed by atoms with van der Waals surface area (Å²) in [5.41, 5.74) is 10.4. The van der Waals surface area contributed by atoms with Crippen LogP contribution < -0.4 is 16.8 Å². The minimum atomic E-state index is -0.847. The molecule has 0 saturated carbocycles. The van der Waals surface area contributed by atoms with Crippen molar-refractivity contribution in [3.05, 3.63) is 0 Å². The molecule has 1 amide bonds. The first-order chi connectivity index (χ1) is 7.61. The van der Waals surface area contributed by atoms with Gasteiger partial charge in [-0.15, -0.1) is 0 Å². The maximum absolute atomic E-state index is 11.3. The van der Waals surface area contributed by atoms with Gasteiger partial charge in [0.2, 0.25) is 0 Å². The molecule has 0 aromatic heterocycles. The van der Waals surface area contributed by atoms with E-state index in [4.69, 9.17) is 20.9 Å². The summed E-state index contributed by atoms with van der Waals surface area (Å²) in [4.78, 5) is 22.4. The van der Waals surface area contributed by atoms with Gasteiger partial charge in [-0.2, -0.15) is 0 Å². The Morgan fingerprint density at radius 1 is 1.31 bits per heavy atom. The second-order valence-electron chi connectivity index (χ2n) is 3.05. The Hall–Kier alpha value is -1.18. The third-order valence-electron chi connectivity index (χ3n) is 1.60. The molecule has 94 valence electrons. The zero-order valence-electron chi connectivity index (χ0n) is 9.40. The first kappa shape index (κ1) is 14.8. The largest absolute Gasteiger partial charge is 0.451 e. The predicted molar refractivity (Wildman–Crippen MR) is 57.5 cm³/mol. The molecule has 7 heteroatoms. The molecular weight excluding hydrogens is 214 g/mol. The highest BCUT2D eigenvalue weighted by molar-refractivity contribution is 5.83. The monoisotopic (exact) mass is 233 g/mol. The van der Waals surface area contributed by atoms with E-state index in [0.717, 1.165) is 0 Å². The van der Waals surface area contributed by atoms with Gasteiger partial charge in [-0.05, 0) is 6.92 Å². The van der Waals surface area contributed by atoms with Crippen molar-refractivity contribution in [1.82, 2.24) is 5.32 Å². The topological polar surface area (TPSA) is 117 Å². The number of carbonyl (C=O) groups excluding carboxylic acids is 2. The number of rotatable bonds is 8. The highest BCUT2D eigenvalue weighted by Gasteiger charge is 2.16. The molecule has 0 aliphatic rings. The van der Waals surface area contributed by atoms with Crippen LogP contribution in [0, 0.1) is 0 Å². The van der Waals surface area contributed by atoms with Crippen LogP contribution in [-0.2, 0) is 19.1 Å². The Balaban J connectivity index is 3.71. The highest BCUT2D eigenvalue weighted by atomic mass is 16.6. The average molecular weight is 233 g/mol. The number of ether oxygens (including phenoxy) is 2. The van der Waals surface area contributed by atoms with Crippen LogP contribution in [0.2, 0.25) is 0 Å². The number of amides is 1. The number of nitrogens with two attached hydrogens (primary N) is 2. The van der Waals surface area contributed by atoms with Crippen LogP contribution in [0.5, 0.6) is 0 Å². The summed E-state index contributed by atoms with van der Waals surface area (Å²) in [5, 5.41) is 2.50. The van der Waals surface area contributed by atoms with E-state index in [1.807, 2.05) is 0 Å². The Morgan fingerprint density at radius 2 is 2.00 bits per heavy atom. The number of carbonyl (C=O) groups is 2. The van der Waals surface area contributed by atoms with Crippen LogP contribution in [-0.4, -0.2) is 50.8 Å². The number of esters is 1. The number of hydrogen-bond acceptors (Lipinski definition) is 6. The molecule has 0 radical (unpaired) electrons. The average Bonchev–Trinajstić information content (AvgIpc) is 2.26. The van der Waals surface area contributed by atoms with E-state index in [1.165, 1.54) is 6.92 Å². The standard InChI is InChI=1S/C9H19N3O4/c1-7(9(14)12-4-2-10)16-8(13)6-15-5-3-11/h7H,2-6,10-11H2,1H3,(H,12,14).